The van der Waals surface area contributed by atoms with Gasteiger partial charge in [0.15, 0.2) is 0 Å². The van der Waals surface area contributed by atoms with Crippen molar-refractivity contribution in [3.8, 4) is 0 Å². The van der Waals surface area contributed by atoms with Crippen molar-refractivity contribution in [2.24, 2.45) is 0 Å². The van der Waals surface area contributed by atoms with E-state index in [1.165, 1.54) is 0 Å². The minimum absolute atomic E-state index is 0.161. The van der Waals surface area contributed by atoms with Crippen LogP contribution in [0.15, 0.2) is 42.5 Å². The Labute approximate surface area is 122 Å². The SMILES string of the molecule is O=C(OCCC(Cl)CCl)c1ccc2ccccc2c1. The highest BCUT2D eigenvalue weighted by Crippen LogP contribution is 2.16. The van der Waals surface area contributed by atoms with Crippen molar-refractivity contribution in [1.82, 2.24) is 0 Å². The fraction of sp³-hybridized carbons (Fsp3) is 0.267. The lowest BCUT2D eigenvalue weighted by Gasteiger charge is -2.07. The summed E-state index contributed by atoms with van der Waals surface area (Å²) in [6, 6.07) is 13.4. The lowest BCUT2D eigenvalue weighted by Crippen LogP contribution is -2.11. The van der Waals surface area contributed by atoms with Crippen molar-refractivity contribution >= 4 is 39.9 Å². The summed E-state index contributed by atoms with van der Waals surface area (Å²) in [6.07, 6.45) is 0.560. The Kier molecular flexibility index (Phi) is 5.06. The van der Waals surface area contributed by atoms with Crippen LogP contribution < -0.4 is 0 Å². The molecule has 0 heterocycles. The van der Waals surface area contributed by atoms with Crippen LogP contribution in [0, 0.1) is 0 Å². The molecule has 0 aliphatic heterocycles. The third kappa shape index (κ3) is 3.85. The van der Waals surface area contributed by atoms with Gasteiger partial charge in [0.2, 0.25) is 0 Å². The molecular formula is C15H14Cl2O2. The minimum Gasteiger partial charge on any atom is -0.462 e. The van der Waals surface area contributed by atoms with Crippen molar-refractivity contribution in [3.63, 3.8) is 0 Å². The first-order valence-electron chi connectivity index (χ1n) is 6.06. The number of carbonyl (C=O) groups is 1. The number of hydrogen-bond acceptors (Lipinski definition) is 2. The van der Waals surface area contributed by atoms with Crippen LogP contribution in [-0.4, -0.2) is 23.8 Å². The van der Waals surface area contributed by atoms with Crippen LogP contribution in [0.25, 0.3) is 10.8 Å². The standard InChI is InChI=1S/C15H14Cl2O2/c16-10-14(17)7-8-19-15(18)13-6-5-11-3-1-2-4-12(11)9-13/h1-6,9,14H,7-8,10H2. The number of rotatable bonds is 5. The van der Waals surface area contributed by atoms with Crippen LogP contribution in [0.1, 0.15) is 16.8 Å². The van der Waals surface area contributed by atoms with E-state index in [0.717, 1.165) is 10.8 Å². The maximum Gasteiger partial charge on any atom is 0.338 e. The Morgan fingerprint density at radius 1 is 1.16 bits per heavy atom. The number of benzene rings is 2. The number of hydrogen-bond donors (Lipinski definition) is 0. The number of fused-ring (bicyclic) bond motifs is 1. The fourth-order valence-electron chi connectivity index (χ4n) is 1.76. The molecule has 0 aliphatic carbocycles. The van der Waals surface area contributed by atoms with Crippen LogP contribution in [-0.2, 0) is 4.74 Å². The van der Waals surface area contributed by atoms with E-state index in [-0.39, 0.29) is 18.0 Å². The van der Waals surface area contributed by atoms with Gasteiger partial charge in [-0.05, 0) is 29.3 Å². The lowest BCUT2D eigenvalue weighted by atomic mass is 10.1. The number of alkyl halides is 2. The molecule has 0 amide bonds. The monoisotopic (exact) mass is 296 g/mol. The summed E-state index contributed by atoms with van der Waals surface area (Å²) in [6.45, 7) is 0.284. The van der Waals surface area contributed by atoms with Crippen LogP contribution in [0.2, 0.25) is 0 Å². The van der Waals surface area contributed by atoms with Crippen LogP contribution in [0.4, 0.5) is 0 Å². The van der Waals surface area contributed by atoms with E-state index in [9.17, 15) is 4.79 Å². The zero-order valence-electron chi connectivity index (χ0n) is 10.3. The van der Waals surface area contributed by atoms with Gasteiger partial charge < -0.3 is 4.74 Å². The van der Waals surface area contributed by atoms with Crippen LogP contribution in [0.5, 0.6) is 0 Å². The summed E-state index contributed by atoms with van der Waals surface area (Å²) >= 11 is 11.4. The first-order chi connectivity index (χ1) is 9.20. The van der Waals surface area contributed by atoms with E-state index < -0.39 is 0 Å². The predicted molar refractivity (Wildman–Crippen MR) is 79.2 cm³/mol. The molecule has 4 heteroatoms. The molecule has 0 aromatic heterocycles. The first kappa shape index (κ1) is 14.2. The molecule has 2 nitrogen and oxygen atoms in total. The van der Waals surface area contributed by atoms with Gasteiger partial charge in [-0.25, -0.2) is 4.79 Å². The summed E-state index contributed by atoms with van der Waals surface area (Å²) in [5.74, 6) is 0.0268. The molecule has 2 rings (SSSR count). The smallest absolute Gasteiger partial charge is 0.338 e. The van der Waals surface area contributed by atoms with Gasteiger partial charge in [0.1, 0.15) is 0 Å². The summed E-state index contributed by atoms with van der Waals surface area (Å²) in [7, 11) is 0. The van der Waals surface area contributed by atoms with Crippen molar-refractivity contribution in [2.75, 3.05) is 12.5 Å². The van der Waals surface area contributed by atoms with E-state index in [0.29, 0.717) is 17.9 Å². The molecule has 1 unspecified atom stereocenters. The number of carbonyl (C=O) groups excluding carboxylic acids is 1. The Bertz CT molecular complexity index is 569. The highest BCUT2D eigenvalue weighted by atomic mass is 35.5. The topological polar surface area (TPSA) is 26.3 Å². The highest BCUT2D eigenvalue weighted by molar-refractivity contribution is 6.28. The van der Waals surface area contributed by atoms with Crippen molar-refractivity contribution in [2.45, 2.75) is 11.8 Å². The van der Waals surface area contributed by atoms with Crippen molar-refractivity contribution in [1.29, 1.82) is 0 Å². The second-order valence-corrected chi connectivity index (χ2v) is 5.16. The quantitative estimate of drug-likeness (QED) is 0.609. The summed E-state index contributed by atoms with van der Waals surface area (Å²) in [5, 5.41) is 1.96. The Hall–Kier alpha value is -1.25. The molecule has 2 aromatic carbocycles. The molecule has 0 aliphatic rings. The molecule has 19 heavy (non-hydrogen) atoms. The Morgan fingerprint density at radius 2 is 1.89 bits per heavy atom. The molecule has 0 radical (unpaired) electrons. The minimum atomic E-state index is -0.329. The van der Waals surface area contributed by atoms with Crippen molar-refractivity contribution < 1.29 is 9.53 Å². The Balaban J connectivity index is 2.01. The van der Waals surface area contributed by atoms with Crippen molar-refractivity contribution in [3.05, 3.63) is 48.0 Å². The number of ether oxygens (including phenoxy) is 1. The van der Waals surface area contributed by atoms with E-state index in [2.05, 4.69) is 0 Å². The number of esters is 1. The van der Waals surface area contributed by atoms with E-state index in [4.69, 9.17) is 27.9 Å². The number of halogens is 2. The van der Waals surface area contributed by atoms with Gasteiger partial charge in [-0.3, -0.25) is 0 Å². The van der Waals surface area contributed by atoms with Gasteiger partial charge in [-0.2, -0.15) is 0 Å². The predicted octanol–water partition coefficient (Wildman–Crippen LogP) is 4.23. The molecule has 0 spiro atoms. The van der Waals surface area contributed by atoms with Gasteiger partial charge >= 0.3 is 5.97 Å². The summed E-state index contributed by atoms with van der Waals surface area (Å²) in [5.41, 5.74) is 0.552. The Morgan fingerprint density at radius 3 is 2.63 bits per heavy atom. The average molecular weight is 297 g/mol. The van der Waals surface area contributed by atoms with E-state index in [1.54, 1.807) is 6.07 Å². The maximum absolute atomic E-state index is 11.9. The van der Waals surface area contributed by atoms with E-state index >= 15 is 0 Å². The van der Waals surface area contributed by atoms with E-state index in [1.807, 2.05) is 36.4 Å². The van der Waals surface area contributed by atoms with Crippen LogP contribution >= 0.6 is 23.2 Å². The zero-order chi connectivity index (χ0) is 13.7. The highest BCUT2D eigenvalue weighted by Gasteiger charge is 2.09. The lowest BCUT2D eigenvalue weighted by molar-refractivity contribution is 0.0501. The normalized spacial score (nSPS) is 12.3. The molecule has 2 aromatic rings. The van der Waals surface area contributed by atoms with Gasteiger partial charge in [0.25, 0.3) is 0 Å². The summed E-state index contributed by atoms with van der Waals surface area (Å²) in [4.78, 5) is 11.9. The molecule has 0 saturated heterocycles. The van der Waals surface area contributed by atoms with Gasteiger partial charge in [0.05, 0.1) is 17.5 Å². The summed E-state index contributed by atoms with van der Waals surface area (Å²) < 4.78 is 5.17. The third-order valence-electron chi connectivity index (χ3n) is 2.82. The second-order valence-electron chi connectivity index (χ2n) is 4.24. The second kappa shape index (κ2) is 6.78. The molecule has 0 saturated carbocycles. The van der Waals surface area contributed by atoms with Gasteiger partial charge in [0, 0.05) is 5.88 Å². The average Bonchev–Trinajstić information content (AvgIpc) is 2.46. The zero-order valence-corrected chi connectivity index (χ0v) is 11.8. The molecule has 0 N–H and O–H groups in total. The largest absolute Gasteiger partial charge is 0.462 e. The van der Waals surface area contributed by atoms with Crippen LogP contribution in [0.3, 0.4) is 0 Å². The molecular weight excluding hydrogens is 283 g/mol. The van der Waals surface area contributed by atoms with Gasteiger partial charge in [-0.15, -0.1) is 23.2 Å². The molecule has 100 valence electrons. The van der Waals surface area contributed by atoms with Gasteiger partial charge in [-0.1, -0.05) is 30.3 Å². The third-order valence-corrected chi connectivity index (χ3v) is 3.72. The molecule has 0 bridgehead atoms. The fourth-order valence-corrected chi connectivity index (χ4v) is 2.00. The molecule has 0 fully saturated rings. The first-order valence-corrected chi connectivity index (χ1v) is 7.04. The molecule has 1 atom stereocenters. The maximum atomic E-state index is 11.9.